The van der Waals surface area contributed by atoms with Crippen molar-refractivity contribution in [1.82, 2.24) is 0 Å². The van der Waals surface area contributed by atoms with Gasteiger partial charge < -0.3 is 25.4 Å². The van der Waals surface area contributed by atoms with E-state index in [-0.39, 0.29) is 24.0 Å². The van der Waals surface area contributed by atoms with Crippen LogP contribution in [0.15, 0.2) is 18.2 Å². The van der Waals surface area contributed by atoms with Crippen LogP contribution in [0.1, 0.15) is 13.8 Å². The van der Waals surface area contributed by atoms with Crippen molar-refractivity contribution in [2.75, 3.05) is 18.5 Å². The number of carbonyl (C=O) groups excluding carboxylic acids is 1. The van der Waals surface area contributed by atoms with E-state index in [1.54, 1.807) is 0 Å². The molecule has 0 radical (unpaired) electrons. The second-order valence-electron chi connectivity index (χ2n) is 4.31. The molecule has 0 aliphatic carbocycles. The maximum atomic E-state index is 11.0. The van der Waals surface area contributed by atoms with Crippen molar-refractivity contribution >= 4 is 11.6 Å². The van der Waals surface area contributed by atoms with E-state index >= 15 is 0 Å². The van der Waals surface area contributed by atoms with Crippen molar-refractivity contribution in [2.45, 2.75) is 19.4 Å². The predicted molar refractivity (Wildman–Crippen MR) is 65.6 cm³/mol. The molecule has 100 valence electrons. The first-order valence-electron chi connectivity index (χ1n) is 5.41. The molecular weight excluding hydrogens is 238 g/mol. The normalized spacial score (nSPS) is 13.8. The molecule has 0 aliphatic heterocycles. The summed E-state index contributed by atoms with van der Waals surface area (Å²) in [6, 6.07) is 4.21. The van der Waals surface area contributed by atoms with Crippen molar-refractivity contribution < 1.29 is 24.9 Å². The molecule has 1 amide bonds. The molecule has 0 heterocycles. The monoisotopic (exact) mass is 255 g/mol. The number of benzene rings is 1. The second kappa shape index (κ2) is 5.70. The number of aliphatic hydroxyl groups is 2. The molecule has 6 heteroatoms. The lowest BCUT2D eigenvalue weighted by atomic mass is 10.1. The Morgan fingerprint density at radius 1 is 1.50 bits per heavy atom. The molecule has 1 aromatic carbocycles. The van der Waals surface area contributed by atoms with Crippen LogP contribution in [0.2, 0.25) is 0 Å². The highest BCUT2D eigenvalue weighted by molar-refractivity contribution is 5.90. The number of carbonyl (C=O) groups is 1. The van der Waals surface area contributed by atoms with Gasteiger partial charge in [-0.2, -0.15) is 0 Å². The molecule has 0 aliphatic rings. The zero-order chi connectivity index (χ0) is 13.8. The van der Waals surface area contributed by atoms with Crippen molar-refractivity contribution in [3.05, 3.63) is 18.2 Å². The minimum absolute atomic E-state index is 0.0252. The van der Waals surface area contributed by atoms with Gasteiger partial charge >= 0.3 is 0 Å². The molecule has 6 nitrogen and oxygen atoms in total. The SMILES string of the molecule is CC(=O)Nc1ccc(O)cc1OC[C@](C)(O)CO. The van der Waals surface area contributed by atoms with Gasteiger partial charge in [0, 0.05) is 13.0 Å². The third-order valence-corrected chi connectivity index (χ3v) is 2.16. The number of phenolic OH excluding ortho intramolecular Hbond substituents is 1. The summed E-state index contributed by atoms with van der Waals surface area (Å²) >= 11 is 0. The Kier molecular flexibility index (Phi) is 4.52. The number of ether oxygens (including phenoxy) is 1. The van der Waals surface area contributed by atoms with E-state index in [0.717, 1.165) is 0 Å². The number of amides is 1. The minimum Gasteiger partial charge on any atom is -0.508 e. The lowest BCUT2D eigenvalue weighted by Crippen LogP contribution is -2.36. The molecule has 1 aromatic rings. The number of aromatic hydroxyl groups is 1. The van der Waals surface area contributed by atoms with Crippen LogP contribution >= 0.6 is 0 Å². The summed E-state index contributed by atoms with van der Waals surface area (Å²) in [7, 11) is 0. The van der Waals surface area contributed by atoms with Gasteiger partial charge in [-0.25, -0.2) is 0 Å². The smallest absolute Gasteiger partial charge is 0.221 e. The van der Waals surface area contributed by atoms with Crippen molar-refractivity contribution in [3.8, 4) is 11.5 Å². The standard InChI is InChI=1S/C12H17NO5/c1-8(15)13-10-4-3-9(16)5-11(10)18-7-12(2,17)6-14/h3-5,14,16-17H,6-7H2,1-2H3,(H,13,15)/t12-/m1/s1. The van der Waals surface area contributed by atoms with Crippen molar-refractivity contribution in [2.24, 2.45) is 0 Å². The van der Waals surface area contributed by atoms with E-state index in [4.69, 9.17) is 9.84 Å². The Morgan fingerprint density at radius 3 is 2.72 bits per heavy atom. The number of rotatable bonds is 5. The first-order valence-corrected chi connectivity index (χ1v) is 5.41. The molecule has 0 aromatic heterocycles. The van der Waals surface area contributed by atoms with Gasteiger partial charge in [-0.1, -0.05) is 0 Å². The fourth-order valence-electron chi connectivity index (χ4n) is 1.20. The van der Waals surface area contributed by atoms with Crippen LogP contribution in [0, 0.1) is 0 Å². The third kappa shape index (κ3) is 4.23. The third-order valence-electron chi connectivity index (χ3n) is 2.16. The Bertz CT molecular complexity index is 430. The topological polar surface area (TPSA) is 99.0 Å². The molecule has 0 saturated carbocycles. The number of anilines is 1. The van der Waals surface area contributed by atoms with Gasteiger partial charge in [0.05, 0.1) is 12.3 Å². The summed E-state index contributed by atoms with van der Waals surface area (Å²) < 4.78 is 5.29. The average Bonchev–Trinajstić information content (AvgIpc) is 2.29. The Balaban J connectivity index is 2.85. The molecule has 18 heavy (non-hydrogen) atoms. The fourth-order valence-corrected chi connectivity index (χ4v) is 1.20. The van der Waals surface area contributed by atoms with Gasteiger partial charge in [0.15, 0.2) is 0 Å². The molecule has 1 rings (SSSR count). The number of hydrogen-bond acceptors (Lipinski definition) is 5. The second-order valence-corrected chi connectivity index (χ2v) is 4.31. The van der Waals surface area contributed by atoms with E-state index in [2.05, 4.69) is 5.32 Å². The van der Waals surface area contributed by atoms with Crippen molar-refractivity contribution in [3.63, 3.8) is 0 Å². The Morgan fingerprint density at radius 2 is 2.17 bits per heavy atom. The molecule has 1 atom stereocenters. The van der Waals surface area contributed by atoms with E-state index < -0.39 is 12.2 Å². The molecule has 0 spiro atoms. The maximum Gasteiger partial charge on any atom is 0.221 e. The average molecular weight is 255 g/mol. The van der Waals surface area contributed by atoms with E-state index in [1.807, 2.05) is 0 Å². The van der Waals surface area contributed by atoms with E-state index in [0.29, 0.717) is 5.69 Å². The summed E-state index contributed by atoms with van der Waals surface area (Å²) in [5.41, 5.74) is -1.01. The first kappa shape index (κ1) is 14.3. The van der Waals surface area contributed by atoms with Gasteiger partial charge in [0.2, 0.25) is 5.91 Å². The summed E-state index contributed by atoms with van der Waals surface area (Å²) in [6.07, 6.45) is 0. The van der Waals surface area contributed by atoms with Gasteiger partial charge in [0.1, 0.15) is 23.7 Å². The van der Waals surface area contributed by atoms with Crippen LogP contribution in [-0.4, -0.2) is 40.0 Å². The molecule has 0 fully saturated rings. The van der Waals surface area contributed by atoms with Gasteiger partial charge in [-0.15, -0.1) is 0 Å². The zero-order valence-electron chi connectivity index (χ0n) is 10.3. The summed E-state index contributed by atoms with van der Waals surface area (Å²) in [5, 5.41) is 30.4. The highest BCUT2D eigenvalue weighted by Crippen LogP contribution is 2.29. The molecular formula is C12H17NO5. The number of nitrogens with one attached hydrogen (secondary N) is 1. The predicted octanol–water partition coefficient (Wildman–Crippen LogP) is 0.473. The zero-order valence-corrected chi connectivity index (χ0v) is 10.3. The highest BCUT2D eigenvalue weighted by atomic mass is 16.5. The number of phenols is 1. The molecule has 0 unspecified atom stereocenters. The van der Waals surface area contributed by atoms with Gasteiger partial charge in [0.25, 0.3) is 0 Å². The van der Waals surface area contributed by atoms with Crippen LogP contribution in [0.3, 0.4) is 0 Å². The van der Waals surface area contributed by atoms with Gasteiger partial charge in [-0.3, -0.25) is 4.79 Å². The lowest BCUT2D eigenvalue weighted by Gasteiger charge is -2.21. The van der Waals surface area contributed by atoms with E-state index in [9.17, 15) is 15.0 Å². The largest absolute Gasteiger partial charge is 0.508 e. The summed E-state index contributed by atoms with van der Waals surface area (Å²) in [6.45, 7) is 2.13. The fraction of sp³-hybridized carbons (Fsp3) is 0.417. The summed E-state index contributed by atoms with van der Waals surface area (Å²) in [4.78, 5) is 11.0. The summed E-state index contributed by atoms with van der Waals surface area (Å²) in [5.74, 6) is -0.0823. The Hall–Kier alpha value is -1.79. The molecule has 0 bridgehead atoms. The number of hydrogen-bond donors (Lipinski definition) is 4. The molecule has 0 saturated heterocycles. The lowest BCUT2D eigenvalue weighted by molar-refractivity contribution is -0.114. The maximum absolute atomic E-state index is 11.0. The van der Waals surface area contributed by atoms with Crippen LogP contribution in [0.4, 0.5) is 5.69 Å². The van der Waals surface area contributed by atoms with Crippen molar-refractivity contribution in [1.29, 1.82) is 0 Å². The minimum atomic E-state index is -1.39. The first-order chi connectivity index (χ1) is 8.34. The van der Waals surface area contributed by atoms with Crippen LogP contribution in [-0.2, 0) is 4.79 Å². The quantitative estimate of drug-likeness (QED) is 0.573. The van der Waals surface area contributed by atoms with Crippen LogP contribution in [0.5, 0.6) is 11.5 Å². The Labute approximate surface area is 105 Å². The van der Waals surface area contributed by atoms with Crippen LogP contribution in [0.25, 0.3) is 0 Å². The van der Waals surface area contributed by atoms with Crippen LogP contribution < -0.4 is 10.1 Å². The highest BCUT2D eigenvalue weighted by Gasteiger charge is 2.21. The van der Waals surface area contributed by atoms with E-state index in [1.165, 1.54) is 32.0 Å². The molecule has 4 N–H and O–H groups in total. The number of aliphatic hydroxyl groups excluding tert-OH is 1. The van der Waals surface area contributed by atoms with Gasteiger partial charge in [-0.05, 0) is 19.1 Å².